The van der Waals surface area contributed by atoms with Crippen molar-refractivity contribution >= 4 is 5.71 Å². The number of rotatable bonds is 5. The second kappa shape index (κ2) is 6.19. The molecule has 0 heterocycles. The summed E-state index contributed by atoms with van der Waals surface area (Å²) in [6.07, 6.45) is 3.38. The number of hydrogen-bond donors (Lipinski definition) is 0. The summed E-state index contributed by atoms with van der Waals surface area (Å²) in [4.78, 5) is 5.25. The molecule has 0 aromatic heterocycles. The summed E-state index contributed by atoms with van der Waals surface area (Å²) in [5, 5.41) is 4.05. The van der Waals surface area contributed by atoms with Gasteiger partial charge in [0.1, 0.15) is 0 Å². The molecule has 2 heteroatoms. The van der Waals surface area contributed by atoms with Crippen LogP contribution in [0.2, 0.25) is 0 Å². The van der Waals surface area contributed by atoms with E-state index >= 15 is 0 Å². The number of unbranched alkanes of at least 4 members (excludes halogenated alkanes) is 1. The number of benzene rings is 1. The minimum atomic E-state index is 0.795. The van der Waals surface area contributed by atoms with E-state index in [1.54, 1.807) is 0 Å². The average molecular weight is 191 g/mol. The van der Waals surface area contributed by atoms with Crippen LogP contribution in [0.15, 0.2) is 35.5 Å². The largest absolute Gasteiger partial charge is 0.357 e. The predicted molar refractivity (Wildman–Crippen MR) is 59.7 cm³/mol. The molecule has 0 radical (unpaired) electrons. The maximum Gasteiger partial charge on any atom is 0.157 e. The molecule has 1 aromatic carbocycles. The lowest BCUT2D eigenvalue weighted by molar-refractivity contribution is 0.339. The maximum atomic E-state index is 5.25. The van der Waals surface area contributed by atoms with Crippen molar-refractivity contribution < 1.29 is 4.84 Å². The molecule has 0 aliphatic rings. The van der Waals surface area contributed by atoms with E-state index in [-0.39, 0.29) is 0 Å². The Bertz CT molecular complexity index is 280. The third kappa shape index (κ3) is 4.08. The van der Waals surface area contributed by atoms with Gasteiger partial charge in [0.2, 0.25) is 0 Å². The standard InChI is InChI=1S/C12H17NO/c1-3-4-8-11(2)13-14-12-9-6-5-7-10-12/h5-7,9-10H,3-4,8H2,1-2H3/b13-11+. The van der Waals surface area contributed by atoms with E-state index in [0.717, 1.165) is 17.9 Å². The fourth-order valence-corrected chi connectivity index (χ4v) is 1.09. The van der Waals surface area contributed by atoms with Gasteiger partial charge in [-0.25, -0.2) is 0 Å². The van der Waals surface area contributed by atoms with Crippen molar-refractivity contribution in [2.45, 2.75) is 33.1 Å². The van der Waals surface area contributed by atoms with E-state index in [0.29, 0.717) is 0 Å². The lowest BCUT2D eigenvalue weighted by Gasteiger charge is -2.00. The summed E-state index contributed by atoms with van der Waals surface area (Å²) in [5.41, 5.74) is 1.05. The van der Waals surface area contributed by atoms with E-state index < -0.39 is 0 Å². The number of nitrogens with zero attached hydrogens (tertiary/aromatic N) is 1. The normalized spacial score (nSPS) is 11.4. The Balaban J connectivity index is 2.39. The second-order valence-electron chi connectivity index (χ2n) is 3.33. The molecule has 76 valence electrons. The first-order chi connectivity index (χ1) is 6.83. The smallest absolute Gasteiger partial charge is 0.157 e. The first-order valence-electron chi connectivity index (χ1n) is 5.08. The van der Waals surface area contributed by atoms with Gasteiger partial charge >= 0.3 is 0 Å². The van der Waals surface area contributed by atoms with Crippen LogP contribution in [0.5, 0.6) is 5.75 Å². The highest BCUT2D eigenvalue weighted by molar-refractivity contribution is 5.81. The van der Waals surface area contributed by atoms with Crippen molar-refractivity contribution in [3.63, 3.8) is 0 Å². The van der Waals surface area contributed by atoms with Crippen molar-refractivity contribution in [3.8, 4) is 5.75 Å². The van der Waals surface area contributed by atoms with E-state index in [1.807, 2.05) is 37.3 Å². The van der Waals surface area contributed by atoms with Crippen molar-refractivity contribution in [2.24, 2.45) is 5.16 Å². The molecule has 0 fully saturated rings. The van der Waals surface area contributed by atoms with Crippen LogP contribution < -0.4 is 4.84 Å². The van der Waals surface area contributed by atoms with Crippen LogP contribution in [-0.4, -0.2) is 5.71 Å². The zero-order chi connectivity index (χ0) is 10.2. The summed E-state index contributed by atoms with van der Waals surface area (Å²) >= 11 is 0. The Labute approximate surface area is 85.6 Å². The molecule has 0 bridgehead atoms. The molecule has 2 nitrogen and oxygen atoms in total. The molecule has 0 spiro atoms. The van der Waals surface area contributed by atoms with Gasteiger partial charge in [0.05, 0.1) is 5.71 Å². The summed E-state index contributed by atoms with van der Waals surface area (Å²) in [6.45, 7) is 4.17. The van der Waals surface area contributed by atoms with Gasteiger partial charge in [0, 0.05) is 0 Å². The van der Waals surface area contributed by atoms with Crippen LogP contribution in [0.25, 0.3) is 0 Å². The molecule has 14 heavy (non-hydrogen) atoms. The minimum absolute atomic E-state index is 0.795. The molecule has 0 unspecified atom stereocenters. The molecule has 0 amide bonds. The monoisotopic (exact) mass is 191 g/mol. The number of oxime groups is 1. The van der Waals surface area contributed by atoms with Gasteiger partial charge in [0.15, 0.2) is 5.75 Å². The van der Waals surface area contributed by atoms with Gasteiger partial charge in [-0.1, -0.05) is 36.7 Å². The summed E-state index contributed by atoms with van der Waals surface area (Å²) in [5.74, 6) is 0.795. The summed E-state index contributed by atoms with van der Waals surface area (Å²) < 4.78 is 0. The highest BCUT2D eigenvalue weighted by Crippen LogP contribution is 2.09. The average Bonchev–Trinajstić information content (AvgIpc) is 2.25. The first-order valence-corrected chi connectivity index (χ1v) is 5.08. The zero-order valence-electron chi connectivity index (χ0n) is 8.86. The van der Waals surface area contributed by atoms with Crippen molar-refractivity contribution in [1.82, 2.24) is 0 Å². The Kier molecular flexibility index (Phi) is 4.76. The SMILES string of the molecule is CCCC/C(C)=N/Oc1ccccc1. The topological polar surface area (TPSA) is 21.6 Å². The lowest BCUT2D eigenvalue weighted by Crippen LogP contribution is -1.94. The molecular formula is C12H17NO. The Hall–Kier alpha value is -1.31. The van der Waals surface area contributed by atoms with Crippen molar-refractivity contribution in [3.05, 3.63) is 30.3 Å². The van der Waals surface area contributed by atoms with Crippen LogP contribution in [-0.2, 0) is 0 Å². The van der Waals surface area contributed by atoms with Gasteiger partial charge in [-0.3, -0.25) is 0 Å². The van der Waals surface area contributed by atoms with E-state index in [4.69, 9.17) is 4.84 Å². The molecule has 0 saturated carbocycles. The Morgan fingerprint density at radius 1 is 1.29 bits per heavy atom. The van der Waals surface area contributed by atoms with Crippen LogP contribution in [0.4, 0.5) is 0 Å². The van der Waals surface area contributed by atoms with E-state index in [9.17, 15) is 0 Å². The quantitative estimate of drug-likeness (QED) is 0.514. The molecule has 0 saturated heterocycles. The molecule has 0 aliphatic heterocycles. The van der Waals surface area contributed by atoms with Gasteiger partial charge in [-0.05, 0) is 31.9 Å². The van der Waals surface area contributed by atoms with Crippen LogP contribution in [0, 0.1) is 0 Å². The van der Waals surface area contributed by atoms with E-state index in [1.165, 1.54) is 12.8 Å². The van der Waals surface area contributed by atoms with Crippen LogP contribution in [0.1, 0.15) is 33.1 Å². The highest BCUT2D eigenvalue weighted by atomic mass is 16.6. The third-order valence-electron chi connectivity index (χ3n) is 1.94. The molecule has 1 rings (SSSR count). The van der Waals surface area contributed by atoms with Gasteiger partial charge in [-0.15, -0.1) is 0 Å². The van der Waals surface area contributed by atoms with Crippen LogP contribution >= 0.6 is 0 Å². The fraction of sp³-hybridized carbons (Fsp3) is 0.417. The third-order valence-corrected chi connectivity index (χ3v) is 1.94. The summed E-state index contributed by atoms with van der Waals surface area (Å²) in [6, 6.07) is 9.63. The fourth-order valence-electron chi connectivity index (χ4n) is 1.09. The Morgan fingerprint density at radius 2 is 2.00 bits per heavy atom. The highest BCUT2D eigenvalue weighted by Gasteiger charge is 1.92. The van der Waals surface area contributed by atoms with Gasteiger partial charge in [-0.2, -0.15) is 0 Å². The van der Waals surface area contributed by atoms with E-state index in [2.05, 4.69) is 12.1 Å². The number of hydrogen-bond acceptors (Lipinski definition) is 2. The molecule has 0 atom stereocenters. The molecular weight excluding hydrogens is 174 g/mol. The van der Waals surface area contributed by atoms with Crippen molar-refractivity contribution in [1.29, 1.82) is 0 Å². The molecule has 0 N–H and O–H groups in total. The zero-order valence-corrected chi connectivity index (χ0v) is 8.86. The second-order valence-corrected chi connectivity index (χ2v) is 3.33. The number of para-hydroxylation sites is 1. The molecule has 0 aliphatic carbocycles. The molecule has 1 aromatic rings. The van der Waals surface area contributed by atoms with Gasteiger partial charge < -0.3 is 4.84 Å². The maximum absolute atomic E-state index is 5.25. The van der Waals surface area contributed by atoms with Gasteiger partial charge in [0.25, 0.3) is 0 Å². The minimum Gasteiger partial charge on any atom is -0.357 e. The lowest BCUT2D eigenvalue weighted by atomic mass is 10.2. The Morgan fingerprint density at radius 3 is 2.64 bits per heavy atom. The summed E-state index contributed by atoms with van der Waals surface area (Å²) in [7, 11) is 0. The first kappa shape index (κ1) is 10.8. The predicted octanol–water partition coefficient (Wildman–Crippen LogP) is 3.63. The van der Waals surface area contributed by atoms with Crippen LogP contribution in [0.3, 0.4) is 0 Å². The van der Waals surface area contributed by atoms with Crippen molar-refractivity contribution in [2.75, 3.05) is 0 Å².